The monoisotopic (exact) mass is 386 g/mol. The molecule has 27 heavy (non-hydrogen) atoms. The molecule has 0 atom stereocenters. The fourth-order valence-corrected chi connectivity index (χ4v) is 3.17. The number of hydrogen-bond acceptors (Lipinski definition) is 5. The number of rotatable bonds is 3. The SMILES string of the molecule is CN1CCN(c2ccc(B3OC(C)(C)C(C)(C)O3)cc2OC(F)(F)F)CC1. The Labute approximate surface area is 158 Å². The van der Waals surface area contributed by atoms with E-state index in [1.807, 2.05) is 39.6 Å². The molecule has 1 aromatic carbocycles. The van der Waals surface area contributed by atoms with Crippen molar-refractivity contribution in [3.63, 3.8) is 0 Å². The van der Waals surface area contributed by atoms with Gasteiger partial charge in [-0.2, -0.15) is 0 Å². The fourth-order valence-electron chi connectivity index (χ4n) is 3.17. The van der Waals surface area contributed by atoms with Crippen molar-refractivity contribution < 1.29 is 27.2 Å². The molecule has 150 valence electrons. The van der Waals surface area contributed by atoms with Crippen LogP contribution in [-0.4, -0.2) is 62.8 Å². The van der Waals surface area contributed by atoms with Gasteiger partial charge in [0.05, 0.1) is 16.9 Å². The minimum Gasteiger partial charge on any atom is -0.404 e. The van der Waals surface area contributed by atoms with Crippen molar-refractivity contribution in [2.24, 2.45) is 0 Å². The van der Waals surface area contributed by atoms with Crippen LogP contribution >= 0.6 is 0 Å². The Balaban J connectivity index is 1.91. The molecule has 0 N–H and O–H groups in total. The summed E-state index contributed by atoms with van der Waals surface area (Å²) in [7, 11) is 1.25. The number of piperazine rings is 1. The topological polar surface area (TPSA) is 34.2 Å². The van der Waals surface area contributed by atoms with Gasteiger partial charge < -0.3 is 23.8 Å². The molecule has 5 nitrogen and oxygen atoms in total. The van der Waals surface area contributed by atoms with E-state index in [2.05, 4.69) is 9.64 Å². The Morgan fingerprint density at radius 2 is 1.56 bits per heavy atom. The van der Waals surface area contributed by atoms with E-state index in [1.165, 1.54) is 6.07 Å². The van der Waals surface area contributed by atoms with E-state index in [0.29, 0.717) is 24.2 Å². The first-order chi connectivity index (χ1) is 12.4. The van der Waals surface area contributed by atoms with Gasteiger partial charge in [0.1, 0.15) is 0 Å². The minimum absolute atomic E-state index is 0.223. The standard InChI is InChI=1S/C18H26BF3N2O3/c1-16(2)17(3,4)27-19(26-16)13-6-7-14(15(12-13)25-18(20,21)22)24-10-8-23(5)9-11-24/h6-7,12H,8-11H2,1-5H3. The van der Waals surface area contributed by atoms with Gasteiger partial charge >= 0.3 is 13.5 Å². The van der Waals surface area contributed by atoms with Gasteiger partial charge in [0.15, 0.2) is 5.75 Å². The average Bonchev–Trinajstić information content (AvgIpc) is 2.75. The van der Waals surface area contributed by atoms with Gasteiger partial charge in [-0.05, 0) is 52.3 Å². The molecular formula is C18H26BF3N2O3. The number of ether oxygens (including phenoxy) is 1. The van der Waals surface area contributed by atoms with Crippen LogP contribution in [0, 0.1) is 0 Å². The summed E-state index contributed by atoms with van der Waals surface area (Å²) in [5, 5.41) is 0. The van der Waals surface area contributed by atoms with Crippen molar-refractivity contribution in [1.82, 2.24) is 4.90 Å². The highest BCUT2D eigenvalue weighted by Gasteiger charge is 2.52. The van der Waals surface area contributed by atoms with Crippen molar-refractivity contribution >= 4 is 18.3 Å². The maximum absolute atomic E-state index is 13.0. The molecule has 2 heterocycles. The Morgan fingerprint density at radius 1 is 1.00 bits per heavy atom. The third-order valence-corrected chi connectivity index (χ3v) is 5.58. The zero-order valence-corrected chi connectivity index (χ0v) is 16.4. The Hall–Kier alpha value is -1.45. The Kier molecular flexibility index (Phi) is 5.16. The van der Waals surface area contributed by atoms with Crippen LogP contribution in [0.5, 0.6) is 5.75 Å². The first-order valence-corrected chi connectivity index (χ1v) is 9.07. The normalized spacial score (nSPS) is 23.0. The molecule has 0 radical (unpaired) electrons. The number of anilines is 1. The van der Waals surface area contributed by atoms with Gasteiger partial charge in [0.2, 0.25) is 0 Å². The van der Waals surface area contributed by atoms with Gasteiger partial charge in [0, 0.05) is 26.2 Å². The van der Waals surface area contributed by atoms with Crippen LogP contribution in [0.25, 0.3) is 0 Å². The van der Waals surface area contributed by atoms with Crippen LogP contribution in [0.3, 0.4) is 0 Å². The van der Waals surface area contributed by atoms with Gasteiger partial charge in [-0.25, -0.2) is 0 Å². The second-order valence-corrected chi connectivity index (χ2v) is 8.15. The van der Waals surface area contributed by atoms with Gasteiger partial charge in [-0.15, -0.1) is 13.2 Å². The van der Waals surface area contributed by atoms with E-state index in [1.54, 1.807) is 12.1 Å². The smallest absolute Gasteiger partial charge is 0.404 e. The van der Waals surface area contributed by atoms with Crippen LogP contribution in [0.1, 0.15) is 27.7 Å². The minimum atomic E-state index is -4.77. The summed E-state index contributed by atoms with van der Waals surface area (Å²) in [5.41, 5.74) is -0.205. The summed E-state index contributed by atoms with van der Waals surface area (Å²) in [6.45, 7) is 10.4. The van der Waals surface area contributed by atoms with Crippen LogP contribution in [0.15, 0.2) is 18.2 Å². The molecule has 1 aromatic rings. The van der Waals surface area contributed by atoms with Gasteiger partial charge in [0.25, 0.3) is 0 Å². The molecule has 2 aliphatic rings. The number of halogens is 3. The summed E-state index contributed by atoms with van der Waals surface area (Å²) >= 11 is 0. The molecule has 9 heteroatoms. The molecule has 0 spiro atoms. The third-order valence-electron chi connectivity index (χ3n) is 5.58. The zero-order chi connectivity index (χ0) is 20.0. The zero-order valence-electron chi connectivity index (χ0n) is 16.4. The lowest BCUT2D eigenvalue weighted by molar-refractivity contribution is -0.274. The van der Waals surface area contributed by atoms with Gasteiger partial charge in [-0.3, -0.25) is 0 Å². The van der Waals surface area contributed by atoms with Crippen LogP contribution < -0.4 is 15.1 Å². The van der Waals surface area contributed by atoms with Gasteiger partial charge in [-0.1, -0.05) is 6.07 Å². The number of likely N-dealkylation sites (N-methyl/N-ethyl adjacent to an activating group) is 1. The highest BCUT2D eigenvalue weighted by atomic mass is 19.4. The molecule has 2 saturated heterocycles. The summed E-state index contributed by atoms with van der Waals surface area (Å²) in [6, 6.07) is 4.79. The second kappa shape index (κ2) is 6.86. The van der Waals surface area contributed by atoms with Crippen molar-refractivity contribution in [3.8, 4) is 5.75 Å². The second-order valence-electron chi connectivity index (χ2n) is 8.15. The molecule has 0 aromatic heterocycles. The van der Waals surface area contributed by atoms with E-state index in [9.17, 15) is 13.2 Å². The summed E-state index contributed by atoms with van der Waals surface area (Å²) in [4.78, 5) is 4.05. The highest BCUT2D eigenvalue weighted by molar-refractivity contribution is 6.62. The van der Waals surface area contributed by atoms with Crippen molar-refractivity contribution in [2.75, 3.05) is 38.1 Å². The van der Waals surface area contributed by atoms with E-state index >= 15 is 0 Å². The number of hydrogen-bond donors (Lipinski definition) is 0. The molecule has 0 unspecified atom stereocenters. The predicted octanol–water partition coefficient (Wildman–Crippen LogP) is 2.64. The van der Waals surface area contributed by atoms with E-state index in [-0.39, 0.29) is 5.75 Å². The first kappa shape index (κ1) is 20.3. The molecule has 2 fully saturated rings. The molecule has 2 aliphatic heterocycles. The van der Waals surface area contributed by atoms with Crippen LogP contribution in [0.4, 0.5) is 18.9 Å². The van der Waals surface area contributed by atoms with Crippen molar-refractivity contribution in [3.05, 3.63) is 18.2 Å². The maximum Gasteiger partial charge on any atom is 0.573 e. The average molecular weight is 386 g/mol. The lowest BCUT2D eigenvalue weighted by Crippen LogP contribution is -2.45. The first-order valence-electron chi connectivity index (χ1n) is 9.07. The number of benzene rings is 1. The lowest BCUT2D eigenvalue weighted by atomic mass is 9.79. The molecule has 0 amide bonds. The Morgan fingerprint density at radius 3 is 2.07 bits per heavy atom. The summed E-state index contributed by atoms with van der Waals surface area (Å²) in [5.74, 6) is -0.223. The van der Waals surface area contributed by atoms with E-state index in [4.69, 9.17) is 9.31 Å². The van der Waals surface area contributed by atoms with Crippen LogP contribution in [0.2, 0.25) is 0 Å². The highest BCUT2D eigenvalue weighted by Crippen LogP contribution is 2.38. The molecule has 3 rings (SSSR count). The largest absolute Gasteiger partial charge is 0.573 e. The summed E-state index contributed by atoms with van der Waals surface area (Å²) < 4.78 is 55.2. The van der Waals surface area contributed by atoms with Crippen molar-refractivity contribution in [1.29, 1.82) is 0 Å². The quantitative estimate of drug-likeness (QED) is 0.747. The maximum atomic E-state index is 13.0. The molecule has 0 saturated carbocycles. The van der Waals surface area contributed by atoms with E-state index < -0.39 is 24.7 Å². The predicted molar refractivity (Wildman–Crippen MR) is 98.6 cm³/mol. The summed E-state index contributed by atoms with van der Waals surface area (Å²) in [6.07, 6.45) is -4.77. The Bertz CT molecular complexity index is 673. The number of alkyl halides is 3. The van der Waals surface area contributed by atoms with Crippen LogP contribution in [-0.2, 0) is 9.31 Å². The fraction of sp³-hybridized carbons (Fsp3) is 0.667. The lowest BCUT2D eigenvalue weighted by Gasteiger charge is -2.35. The van der Waals surface area contributed by atoms with Crippen molar-refractivity contribution in [2.45, 2.75) is 45.3 Å². The molecular weight excluding hydrogens is 360 g/mol. The molecule has 0 aliphatic carbocycles. The third kappa shape index (κ3) is 4.36. The van der Waals surface area contributed by atoms with E-state index in [0.717, 1.165) is 13.1 Å². The molecule has 0 bridgehead atoms. The number of nitrogens with zero attached hydrogens (tertiary/aromatic N) is 2.